The molecule has 1 atom stereocenters. The van der Waals surface area contributed by atoms with Crippen LogP contribution in [-0.2, 0) is 23.2 Å². The zero-order chi connectivity index (χ0) is 21.5. The molecule has 1 aliphatic heterocycles. The van der Waals surface area contributed by atoms with Gasteiger partial charge in [-0.25, -0.2) is 0 Å². The molecule has 4 aromatic rings. The first-order valence-electron chi connectivity index (χ1n) is 9.96. The summed E-state index contributed by atoms with van der Waals surface area (Å²) < 4.78 is 7.41. The number of benzene rings is 2. The number of amides is 1. The van der Waals surface area contributed by atoms with Crippen LogP contribution >= 0.6 is 0 Å². The predicted octanol–water partition coefficient (Wildman–Crippen LogP) is 4.39. The molecule has 1 unspecified atom stereocenters. The van der Waals surface area contributed by atoms with Gasteiger partial charge in [-0.15, -0.1) is 0 Å². The number of Topliss-reactive ketones (excluding diaryl/α,β-unsaturated/α-hetero) is 1. The second-order valence-corrected chi connectivity index (χ2v) is 7.58. The van der Waals surface area contributed by atoms with Crippen molar-refractivity contribution >= 4 is 28.4 Å². The number of aliphatic hydroxyl groups excluding tert-OH is 1. The zero-order valence-electron chi connectivity index (χ0n) is 16.9. The van der Waals surface area contributed by atoms with Crippen LogP contribution in [0.25, 0.3) is 16.7 Å². The lowest BCUT2D eigenvalue weighted by atomic mass is 9.95. The Kier molecular flexibility index (Phi) is 4.47. The second kappa shape index (κ2) is 7.32. The number of carbonyl (C=O) groups excluding carboxylic acids is 2. The number of hydrogen-bond acceptors (Lipinski definition) is 4. The number of aryl methyl sites for hydroxylation is 1. The van der Waals surface area contributed by atoms with Gasteiger partial charge in [-0.3, -0.25) is 9.59 Å². The average molecular weight is 412 g/mol. The molecule has 2 aromatic heterocycles. The molecular formula is C25H20N2O4. The third-order valence-corrected chi connectivity index (χ3v) is 5.72. The number of hydrogen-bond donors (Lipinski definition) is 1. The number of carbonyl (C=O) groups is 2. The van der Waals surface area contributed by atoms with E-state index in [2.05, 4.69) is 0 Å². The third-order valence-electron chi connectivity index (χ3n) is 5.72. The minimum Gasteiger partial charge on any atom is -0.507 e. The molecule has 6 nitrogen and oxygen atoms in total. The minimum atomic E-state index is -0.739. The summed E-state index contributed by atoms with van der Waals surface area (Å²) in [6.45, 7) is 0.122. The van der Waals surface area contributed by atoms with Crippen molar-refractivity contribution in [2.45, 2.75) is 12.6 Å². The van der Waals surface area contributed by atoms with Gasteiger partial charge in [-0.05, 0) is 18.2 Å². The van der Waals surface area contributed by atoms with Crippen molar-refractivity contribution in [1.29, 1.82) is 0 Å². The Balaban J connectivity index is 1.75. The van der Waals surface area contributed by atoms with Crippen LogP contribution in [0, 0.1) is 0 Å². The molecule has 1 fully saturated rings. The van der Waals surface area contributed by atoms with Crippen molar-refractivity contribution in [2.24, 2.45) is 7.05 Å². The lowest BCUT2D eigenvalue weighted by molar-refractivity contribution is -0.140. The quantitative estimate of drug-likeness (QED) is 0.306. The Labute approximate surface area is 178 Å². The molecular weight excluding hydrogens is 392 g/mol. The van der Waals surface area contributed by atoms with E-state index in [4.69, 9.17) is 4.42 Å². The highest BCUT2D eigenvalue weighted by Gasteiger charge is 2.47. The molecule has 0 radical (unpaired) electrons. The van der Waals surface area contributed by atoms with E-state index in [0.29, 0.717) is 11.3 Å². The van der Waals surface area contributed by atoms with Crippen LogP contribution in [0.2, 0.25) is 0 Å². The molecule has 1 N–H and O–H groups in total. The van der Waals surface area contributed by atoms with Gasteiger partial charge in [0.25, 0.3) is 11.7 Å². The van der Waals surface area contributed by atoms with E-state index < -0.39 is 17.7 Å². The Morgan fingerprint density at radius 1 is 1.00 bits per heavy atom. The monoisotopic (exact) mass is 412 g/mol. The zero-order valence-corrected chi connectivity index (χ0v) is 16.9. The van der Waals surface area contributed by atoms with E-state index in [-0.39, 0.29) is 17.9 Å². The van der Waals surface area contributed by atoms with Gasteiger partial charge in [0.05, 0.1) is 24.4 Å². The fourth-order valence-corrected chi connectivity index (χ4v) is 4.28. The van der Waals surface area contributed by atoms with Crippen LogP contribution in [-0.4, -0.2) is 26.3 Å². The topological polar surface area (TPSA) is 75.7 Å². The maximum absolute atomic E-state index is 13.1. The molecule has 0 aliphatic carbocycles. The number of ketones is 1. The van der Waals surface area contributed by atoms with Gasteiger partial charge >= 0.3 is 0 Å². The van der Waals surface area contributed by atoms with Crippen molar-refractivity contribution in [3.63, 3.8) is 0 Å². The second-order valence-electron chi connectivity index (χ2n) is 7.58. The summed E-state index contributed by atoms with van der Waals surface area (Å²) in [5, 5.41) is 12.0. The van der Waals surface area contributed by atoms with Crippen molar-refractivity contribution in [3.05, 3.63) is 102 Å². The number of likely N-dealkylation sites (tertiary alicyclic amines) is 1. The Morgan fingerprint density at radius 2 is 1.74 bits per heavy atom. The smallest absolute Gasteiger partial charge is 0.296 e. The maximum Gasteiger partial charge on any atom is 0.296 e. The fraction of sp³-hybridized carbons (Fsp3) is 0.120. The third kappa shape index (κ3) is 3.04. The molecule has 3 heterocycles. The van der Waals surface area contributed by atoms with Gasteiger partial charge in [-0.1, -0.05) is 48.5 Å². The van der Waals surface area contributed by atoms with Gasteiger partial charge in [-0.2, -0.15) is 0 Å². The number of fused-ring (bicyclic) bond motifs is 1. The molecule has 31 heavy (non-hydrogen) atoms. The Hall–Kier alpha value is -4.06. The number of rotatable bonds is 4. The highest BCUT2D eigenvalue weighted by atomic mass is 16.3. The average Bonchev–Trinajstić information content (AvgIpc) is 3.49. The predicted molar refractivity (Wildman–Crippen MR) is 116 cm³/mol. The van der Waals surface area contributed by atoms with Crippen LogP contribution in [0.4, 0.5) is 0 Å². The highest BCUT2D eigenvalue weighted by Crippen LogP contribution is 2.43. The fourth-order valence-electron chi connectivity index (χ4n) is 4.28. The van der Waals surface area contributed by atoms with Gasteiger partial charge < -0.3 is 19.0 Å². The van der Waals surface area contributed by atoms with Crippen LogP contribution in [0.3, 0.4) is 0 Å². The minimum absolute atomic E-state index is 0.0825. The van der Waals surface area contributed by atoms with E-state index in [1.165, 1.54) is 11.2 Å². The first kappa shape index (κ1) is 18.9. The summed E-state index contributed by atoms with van der Waals surface area (Å²) in [6, 6.07) is 19.4. The van der Waals surface area contributed by atoms with Gasteiger partial charge in [0.15, 0.2) is 0 Å². The van der Waals surface area contributed by atoms with E-state index in [1.807, 2.05) is 48.1 Å². The first-order valence-corrected chi connectivity index (χ1v) is 9.96. The van der Waals surface area contributed by atoms with E-state index in [1.54, 1.807) is 36.4 Å². The van der Waals surface area contributed by atoms with Crippen LogP contribution in [0.5, 0.6) is 0 Å². The summed E-state index contributed by atoms with van der Waals surface area (Å²) in [6.07, 6.45) is 3.44. The lowest BCUT2D eigenvalue weighted by Gasteiger charge is -2.24. The van der Waals surface area contributed by atoms with Gasteiger partial charge in [0.2, 0.25) is 0 Å². The summed E-state index contributed by atoms with van der Waals surface area (Å²) in [5.41, 5.74) is 2.32. The normalized spacial score (nSPS) is 18.2. The molecule has 6 heteroatoms. The molecule has 154 valence electrons. The Bertz CT molecular complexity index is 1320. The van der Waals surface area contributed by atoms with Crippen LogP contribution in [0.1, 0.15) is 22.9 Å². The molecule has 1 aliphatic rings. The summed E-state index contributed by atoms with van der Waals surface area (Å²) in [7, 11) is 1.92. The SMILES string of the molecule is Cn1cc(C2/C(=C(\O)c3ccccc3)C(=O)C(=O)N2Cc2ccco2)c2ccccc21. The van der Waals surface area contributed by atoms with Crippen molar-refractivity contribution < 1.29 is 19.1 Å². The number of aromatic nitrogens is 1. The van der Waals surface area contributed by atoms with Crippen molar-refractivity contribution in [2.75, 3.05) is 0 Å². The van der Waals surface area contributed by atoms with E-state index in [9.17, 15) is 14.7 Å². The molecule has 0 spiro atoms. The van der Waals surface area contributed by atoms with Gasteiger partial charge in [0, 0.05) is 35.3 Å². The molecule has 1 amide bonds. The number of aliphatic hydroxyl groups is 1. The van der Waals surface area contributed by atoms with E-state index in [0.717, 1.165) is 16.5 Å². The van der Waals surface area contributed by atoms with Gasteiger partial charge in [0.1, 0.15) is 11.5 Å². The summed E-state index contributed by atoms with van der Waals surface area (Å²) >= 11 is 0. The molecule has 2 aromatic carbocycles. The van der Waals surface area contributed by atoms with Crippen molar-refractivity contribution in [1.82, 2.24) is 9.47 Å². The van der Waals surface area contributed by atoms with Crippen LogP contribution < -0.4 is 0 Å². The Morgan fingerprint density at radius 3 is 2.48 bits per heavy atom. The molecule has 5 rings (SSSR count). The number of nitrogens with zero attached hydrogens (tertiary/aromatic N) is 2. The number of para-hydroxylation sites is 1. The summed E-state index contributed by atoms with van der Waals surface area (Å²) in [4.78, 5) is 27.7. The molecule has 1 saturated heterocycles. The van der Waals surface area contributed by atoms with Crippen LogP contribution in [0.15, 0.2) is 89.2 Å². The maximum atomic E-state index is 13.1. The molecule has 0 saturated carbocycles. The summed E-state index contributed by atoms with van der Waals surface area (Å²) in [5.74, 6) is -0.983. The standard InChI is InChI=1S/C25H20N2O4/c1-26-15-19(18-11-5-6-12-20(18)26)22-21(23(28)16-8-3-2-4-9-16)24(29)25(30)27(22)14-17-10-7-13-31-17/h2-13,15,22,28H,14H2,1H3/b23-21+. The highest BCUT2D eigenvalue weighted by molar-refractivity contribution is 6.46. The van der Waals surface area contributed by atoms with E-state index >= 15 is 0 Å². The largest absolute Gasteiger partial charge is 0.507 e. The first-order chi connectivity index (χ1) is 15.1. The van der Waals surface area contributed by atoms with Crippen molar-refractivity contribution in [3.8, 4) is 0 Å². The number of furan rings is 1. The molecule has 0 bridgehead atoms. The lowest BCUT2D eigenvalue weighted by Crippen LogP contribution is -2.29.